The van der Waals surface area contributed by atoms with E-state index in [1.807, 2.05) is 0 Å². The van der Waals surface area contributed by atoms with E-state index in [1.54, 1.807) is 0 Å². The number of rotatable bonds is 9. The number of aryl methyl sites for hydroxylation is 2. The SMILES string of the molecule is CCNC(=NCc1c(CC)noc1CC)NCCc1ccc(N(C)C)cc1. The van der Waals surface area contributed by atoms with Gasteiger partial charge in [0.2, 0.25) is 0 Å². The lowest BCUT2D eigenvalue weighted by Gasteiger charge is -2.14. The van der Waals surface area contributed by atoms with Gasteiger partial charge in [-0.15, -0.1) is 0 Å². The lowest BCUT2D eigenvalue weighted by molar-refractivity contribution is 0.380. The third kappa shape index (κ3) is 6.01. The first-order valence-corrected chi connectivity index (χ1v) is 9.83. The molecule has 0 aliphatic carbocycles. The number of nitrogens with zero attached hydrogens (tertiary/aromatic N) is 3. The van der Waals surface area contributed by atoms with Crippen LogP contribution in [0.2, 0.25) is 0 Å². The van der Waals surface area contributed by atoms with E-state index in [1.165, 1.54) is 11.3 Å². The molecule has 0 spiro atoms. The molecule has 1 aromatic carbocycles. The van der Waals surface area contributed by atoms with E-state index in [0.29, 0.717) is 6.54 Å². The highest BCUT2D eigenvalue weighted by Crippen LogP contribution is 2.17. The van der Waals surface area contributed by atoms with Crippen molar-refractivity contribution in [2.75, 3.05) is 32.1 Å². The van der Waals surface area contributed by atoms with E-state index in [4.69, 9.17) is 9.52 Å². The minimum atomic E-state index is 0.586. The molecule has 2 aromatic rings. The average molecular weight is 372 g/mol. The molecule has 1 aromatic heterocycles. The Morgan fingerprint density at radius 3 is 2.41 bits per heavy atom. The van der Waals surface area contributed by atoms with Gasteiger partial charge in [0.05, 0.1) is 12.2 Å². The Kier molecular flexibility index (Phi) is 8.17. The largest absolute Gasteiger partial charge is 0.378 e. The predicted molar refractivity (Wildman–Crippen MR) is 113 cm³/mol. The smallest absolute Gasteiger partial charge is 0.191 e. The first-order chi connectivity index (χ1) is 13.1. The summed E-state index contributed by atoms with van der Waals surface area (Å²) in [6.45, 7) is 8.49. The zero-order chi connectivity index (χ0) is 19.6. The number of guanidine groups is 1. The molecule has 0 atom stereocenters. The molecule has 0 unspecified atom stereocenters. The molecule has 0 bridgehead atoms. The summed E-state index contributed by atoms with van der Waals surface area (Å²) in [4.78, 5) is 6.84. The van der Waals surface area contributed by atoms with Gasteiger partial charge in [-0.1, -0.05) is 31.1 Å². The van der Waals surface area contributed by atoms with Crippen molar-refractivity contribution in [3.8, 4) is 0 Å². The quantitative estimate of drug-likeness (QED) is 0.524. The van der Waals surface area contributed by atoms with E-state index in [9.17, 15) is 0 Å². The number of aromatic nitrogens is 1. The third-order valence-electron chi connectivity index (χ3n) is 4.51. The number of nitrogens with one attached hydrogen (secondary N) is 2. The van der Waals surface area contributed by atoms with Gasteiger partial charge in [-0.3, -0.25) is 0 Å². The Hall–Kier alpha value is -2.50. The molecule has 0 saturated heterocycles. The molecule has 0 amide bonds. The Morgan fingerprint density at radius 2 is 1.81 bits per heavy atom. The molecular weight excluding hydrogens is 338 g/mol. The first-order valence-electron chi connectivity index (χ1n) is 9.83. The van der Waals surface area contributed by atoms with Crippen molar-refractivity contribution in [1.29, 1.82) is 0 Å². The van der Waals surface area contributed by atoms with Crippen molar-refractivity contribution in [2.24, 2.45) is 4.99 Å². The van der Waals surface area contributed by atoms with E-state index in [0.717, 1.165) is 55.3 Å². The zero-order valence-corrected chi connectivity index (χ0v) is 17.3. The molecule has 0 saturated carbocycles. The van der Waals surface area contributed by atoms with Gasteiger partial charge in [-0.2, -0.15) is 0 Å². The molecule has 0 aliphatic heterocycles. The summed E-state index contributed by atoms with van der Waals surface area (Å²) in [5.74, 6) is 1.76. The van der Waals surface area contributed by atoms with Crippen molar-refractivity contribution in [3.05, 3.63) is 46.8 Å². The third-order valence-corrected chi connectivity index (χ3v) is 4.51. The lowest BCUT2D eigenvalue weighted by atomic mass is 10.1. The molecule has 2 rings (SSSR count). The van der Waals surface area contributed by atoms with Crippen molar-refractivity contribution in [2.45, 2.75) is 46.6 Å². The van der Waals surface area contributed by atoms with Crippen LogP contribution >= 0.6 is 0 Å². The van der Waals surface area contributed by atoms with Crippen LogP contribution in [0.5, 0.6) is 0 Å². The maximum atomic E-state index is 5.43. The van der Waals surface area contributed by atoms with Crippen molar-refractivity contribution < 1.29 is 4.52 Å². The van der Waals surface area contributed by atoms with E-state index < -0.39 is 0 Å². The van der Waals surface area contributed by atoms with Crippen molar-refractivity contribution in [3.63, 3.8) is 0 Å². The monoisotopic (exact) mass is 371 g/mol. The van der Waals surface area contributed by atoms with Crippen LogP contribution < -0.4 is 15.5 Å². The summed E-state index contributed by atoms with van der Waals surface area (Å²) >= 11 is 0. The lowest BCUT2D eigenvalue weighted by Crippen LogP contribution is -2.38. The zero-order valence-electron chi connectivity index (χ0n) is 17.3. The van der Waals surface area contributed by atoms with Gasteiger partial charge >= 0.3 is 0 Å². The highest BCUT2D eigenvalue weighted by atomic mass is 16.5. The number of hydrogen-bond acceptors (Lipinski definition) is 4. The van der Waals surface area contributed by atoms with Gasteiger partial charge in [0.1, 0.15) is 5.76 Å². The van der Waals surface area contributed by atoms with Crippen molar-refractivity contribution in [1.82, 2.24) is 15.8 Å². The summed E-state index contributed by atoms with van der Waals surface area (Å²) in [6, 6.07) is 8.66. The van der Waals surface area contributed by atoms with Gasteiger partial charge in [0, 0.05) is 44.9 Å². The predicted octanol–water partition coefficient (Wildman–Crippen LogP) is 3.16. The average Bonchev–Trinajstić information content (AvgIpc) is 3.08. The van der Waals surface area contributed by atoms with Gasteiger partial charge < -0.3 is 20.1 Å². The highest BCUT2D eigenvalue weighted by Gasteiger charge is 2.13. The second-order valence-corrected chi connectivity index (χ2v) is 6.67. The Bertz CT molecular complexity index is 697. The summed E-state index contributed by atoms with van der Waals surface area (Å²) in [5, 5.41) is 10.9. The minimum Gasteiger partial charge on any atom is -0.378 e. The van der Waals surface area contributed by atoms with Gasteiger partial charge in [0.25, 0.3) is 0 Å². The van der Waals surface area contributed by atoms with Gasteiger partial charge in [-0.25, -0.2) is 4.99 Å². The van der Waals surface area contributed by atoms with Crippen LogP contribution in [0.3, 0.4) is 0 Å². The summed E-state index contributed by atoms with van der Waals surface area (Å²) in [5.41, 5.74) is 4.65. The molecule has 2 N–H and O–H groups in total. The maximum Gasteiger partial charge on any atom is 0.191 e. The van der Waals surface area contributed by atoms with E-state index >= 15 is 0 Å². The fourth-order valence-electron chi connectivity index (χ4n) is 2.90. The van der Waals surface area contributed by atoms with E-state index in [2.05, 4.69) is 79.8 Å². The minimum absolute atomic E-state index is 0.586. The topological polar surface area (TPSA) is 65.7 Å². The highest BCUT2D eigenvalue weighted by molar-refractivity contribution is 5.79. The van der Waals surface area contributed by atoms with E-state index in [-0.39, 0.29) is 0 Å². The molecule has 6 heteroatoms. The second-order valence-electron chi connectivity index (χ2n) is 6.67. The number of anilines is 1. The molecule has 0 fully saturated rings. The molecule has 0 radical (unpaired) electrons. The molecule has 0 aliphatic rings. The molecule has 27 heavy (non-hydrogen) atoms. The summed E-state index contributed by atoms with van der Waals surface area (Å²) < 4.78 is 5.43. The Balaban J connectivity index is 1.94. The summed E-state index contributed by atoms with van der Waals surface area (Å²) in [7, 11) is 4.11. The Labute approximate surface area is 163 Å². The maximum absolute atomic E-state index is 5.43. The number of hydrogen-bond donors (Lipinski definition) is 2. The Morgan fingerprint density at radius 1 is 1.07 bits per heavy atom. The van der Waals surface area contributed by atoms with Crippen LogP contribution in [-0.2, 0) is 25.8 Å². The molecule has 6 nitrogen and oxygen atoms in total. The number of benzene rings is 1. The van der Waals surface area contributed by atoms with Crippen LogP contribution in [0.4, 0.5) is 5.69 Å². The van der Waals surface area contributed by atoms with Crippen LogP contribution in [0, 0.1) is 0 Å². The fraction of sp³-hybridized carbons (Fsp3) is 0.524. The number of aliphatic imine (C=N–C) groups is 1. The molecular formula is C21H33N5O. The van der Waals surface area contributed by atoms with Gasteiger partial charge in [0.15, 0.2) is 5.96 Å². The standard InChI is InChI=1S/C21H33N5O/c1-6-19-18(20(7-2)27-25-19)15-24-21(22-8-3)23-14-13-16-9-11-17(12-10-16)26(4)5/h9-12H,6-8,13-15H2,1-5H3,(H2,22,23,24). The van der Waals surface area contributed by atoms with Crippen molar-refractivity contribution >= 4 is 11.6 Å². The van der Waals surface area contributed by atoms with Crippen LogP contribution in [0.15, 0.2) is 33.8 Å². The molecule has 1 heterocycles. The summed E-state index contributed by atoms with van der Waals surface area (Å²) in [6.07, 6.45) is 2.65. The fourth-order valence-corrected chi connectivity index (χ4v) is 2.90. The van der Waals surface area contributed by atoms with Crippen LogP contribution in [0.25, 0.3) is 0 Å². The molecule has 148 valence electrons. The first kappa shape index (κ1) is 20.8. The van der Waals surface area contributed by atoms with Crippen LogP contribution in [-0.4, -0.2) is 38.3 Å². The van der Waals surface area contributed by atoms with Gasteiger partial charge in [-0.05, 0) is 37.5 Å². The second kappa shape index (κ2) is 10.6. The van der Waals surface area contributed by atoms with Crippen LogP contribution in [0.1, 0.15) is 43.4 Å². The normalized spacial score (nSPS) is 11.5.